The molecular formula is C27H37N3O4S2. The molecule has 36 heavy (non-hydrogen) atoms. The number of aliphatic hydroxyl groups excluding tert-OH is 2. The van der Waals surface area contributed by atoms with Gasteiger partial charge in [-0.3, -0.25) is 14.9 Å². The lowest BCUT2D eigenvalue weighted by atomic mass is 9.47. The molecule has 2 amide bonds. The van der Waals surface area contributed by atoms with Crippen molar-refractivity contribution in [3.8, 4) is 0 Å². The van der Waals surface area contributed by atoms with E-state index >= 15 is 0 Å². The molecule has 3 aliphatic carbocycles. The van der Waals surface area contributed by atoms with Crippen LogP contribution in [0.1, 0.15) is 91.4 Å². The number of thiophene rings is 1. The highest BCUT2D eigenvalue weighted by Gasteiger charge is 2.59. The number of aliphatic hydroxyl groups is 2. The zero-order chi connectivity index (χ0) is 25.5. The quantitative estimate of drug-likeness (QED) is 0.431. The largest absolute Gasteiger partial charge is 0.396 e. The van der Waals surface area contributed by atoms with Gasteiger partial charge in [-0.25, -0.2) is 4.98 Å². The summed E-state index contributed by atoms with van der Waals surface area (Å²) in [6.07, 6.45) is 7.38. The highest BCUT2D eigenvalue weighted by atomic mass is 32.1. The number of hydrogen-bond acceptors (Lipinski definition) is 7. The molecule has 4 N–H and O–H groups in total. The van der Waals surface area contributed by atoms with Crippen LogP contribution >= 0.6 is 22.7 Å². The Morgan fingerprint density at radius 2 is 1.97 bits per heavy atom. The first kappa shape index (κ1) is 25.8. The van der Waals surface area contributed by atoms with Crippen molar-refractivity contribution < 1.29 is 19.8 Å². The van der Waals surface area contributed by atoms with Crippen LogP contribution in [0, 0.1) is 16.7 Å². The van der Waals surface area contributed by atoms with Crippen LogP contribution in [0.5, 0.6) is 0 Å². The van der Waals surface area contributed by atoms with E-state index in [0.29, 0.717) is 29.3 Å². The summed E-state index contributed by atoms with van der Waals surface area (Å²) in [5, 5.41) is 30.0. The molecule has 9 heteroatoms. The van der Waals surface area contributed by atoms with Gasteiger partial charge in [0.05, 0.1) is 23.3 Å². The van der Waals surface area contributed by atoms with Gasteiger partial charge in [-0.1, -0.05) is 39.2 Å². The molecule has 5 atom stereocenters. The molecule has 2 heterocycles. The first-order valence-corrected chi connectivity index (χ1v) is 14.9. The fourth-order valence-corrected chi connectivity index (χ4v) is 8.67. The highest BCUT2D eigenvalue weighted by molar-refractivity contribution is 7.16. The van der Waals surface area contributed by atoms with Gasteiger partial charge in [0.15, 0.2) is 5.13 Å². The van der Waals surface area contributed by atoms with Crippen molar-refractivity contribution in [2.24, 2.45) is 16.7 Å². The molecule has 196 valence electrons. The van der Waals surface area contributed by atoms with Crippen LogP contribution in [0.25, 0.3) is 0 Å². The van der Waals surface area contributed by atoms with Gasteiger partial charge in [0.1, 0.15) is 0 Å². The second-order valence-electron chi connectivity index (χ2n) is 11.4. The molecule has 2 aromatic heterocycles. The SMILES string of the molecule is CC1(CO)C(O)CCC2(C)C(CC(=O)NC3CCCCC3)c3nc(NC(=O)c4cccs4)sc3CC12. The van der Waals surface area contributed by atoms with Gasteiger partial charge < -0.3 is 15.5 Å². The zero-order valence-electron chi connectivity index (χ0n) is 21.1. The summed E-state index contributed by atoms with van der Waals surface area (Å²) in [4.78, 5) is 32.6. The van der Waals surface area contributed by atoms with Gasteiger partial charge in [0.25, 0.3) is 5.91 Å². The maximum atomic E-state index is 13.3. The summed E-state index contributed by atoms with van der Waals surface area (Å²) in [5.74, 6) is -0.271. The number of carbonyl (C=O) groups excluding carboxylic acids is 2. The van der Waals surface area contributed by atoms with Crippen molar-refractivity contribution in [2.45, 2.75) is 89.7 Å². The van der Waals surface area contributed by atoms with Gasteiger partial charge in [0, 0.05) is 28.7 Å². The monoisotopic (exact) mass is 531 g/mol. The first-order valence-electron chi connectivity index (χ1n) is 13.2. The molecule has 0 saturated heterocycles. The van der Waals surface area contributed by atoms with E-state index in [4.69, 9.17) is 4.98 Å². The molecule has 2 saturated carbocycles. The van der Waals surface area contributed by atoms with E-state index in [1.165, 1.54) is 29.1 Å². The number of nitrogens with one attached hydrogen (secondary N) is 2. The lowest BCUT2D eigenvalue weighted by Gasteiger charge is -2.58. The van der Waals surface area contributed by atoms with Gasteiger partial charge in [0.2, 0.25) is 5.91 Å². The number of amides is 2. The molecule has 7 nitrogen and oxygen atoms in total. The Kier molecular flexibility index (Phi) is 7.29. The number of fused-ring (bicyclic) bond motifs is 2. The Balaban J connectivity index is 1.46. The molecule has 3 aliphatic rings. The average Bonchev–Trinajstić information content (AvgIpc) is 3.54. The van der Waals surface area contributed by atoms with Gasteiger partial charge in [-0.2, -0.15) is 0 Å². The van der Waals surface area contributed by atoms with E-state index in [2.05, 4.69) is 17.6 Å². The molecule has 2 fully saturated rings. The topological polar surface area (TPSA) is 112 Å². The predicted octanol–water partition coefficient (Wildman–Crippen LogP) is 4.71. The summed E-state index contributed by atoms with van der Waals surface area (Å²) in [5.41, 5.74) is -0.0557. The summed E-state index contributed by atoms with van der Waals surface area (Å²) in [6.45, 7) is 4.08. The molecule has 0 bridgehead atoms. The summed E-state index contributed by atoms with van der Waals surface area (Å²) in [7, 11) is 0. The van der Waals surface area contributed by atoms with E-state index in [-0.39, 0.29) is 41.7 Å². The van der Waals surface area contributed by atoms with E-state index in [1.54, 1.807) is 6.07 Å². The van der Waals surface area contributed by atoms with Gasteiger partial charge in [-0.05, 0) is 54.9 Å². The average molecular weight is 532 g/mol. The lowest BCUT2D eigenvalue weighted by molar-refractivity contribution is -0.144. The Labute approximate surface area is 220 Å². The maximum Gasteiger partial charge on any atom is 0.267 e. The van der Waals surface area contributed by atoms with Crippen LogP contribution in [0.15, 0.2) is 17.5 Å². The van der Waals surface area contributed by atoms with Gasteiger partial charge >= 0.3 is 0 Å². The smallest absolute Gasteiger partial charge is 0.267 e. The number of nitrogens with zero attached hydrogens (tertiary/aromatic N) is 1. The molecule has 5 unspecified atom stereocenters. The second-order valence-corrected chi connectivity index (χ2v) is 13.4. The number of hydrogen-bond donors (Lipinski definition) is 4. The molecule has 5 rings (SSSR count). The Morgan fingerprint density at radius 3 is 2.67 bits per heavy atom. The Morgan fingerprint density at radius 1 is 1.19 bits per heavy atom. The highest BCUT2D eigenvalue weighted by Crippen LogP contribution is 2.62. The normalized spacial score (nSPS) is 32.4. The molecular weight excluding hydrogens is 494 g/mol. The third-order valence-corrected chi connectivity index (χ3v) is 11.1. The number of rotatable bonds is 6. The fraction of sp³-hybridized carbons (Fsp3) is 0.667. The molecule has 2 aromatic rings. The Hall–Kier alpha value is -1.81. The number of carbonyl (C=O) groups is 2. The van der Waals surface area contributed by atoms with Crippen LogP contribution in [-0.4, -0.2) is 45.8 Å². The maximum absolute atomic E-state index is 13.3. The van der Waals surface area contributed by atoms with Crippen molar-refractivity contribution in [2.75, 3.05) is 11.9 Å². The molecule has 0 aromatic carbocycles. The summed E-state index contributed by atoms with van der Waals surface area (Å²) in [6, 6.07) is 3.88. The Bertz CT molecular complexity index is 1100. The van der Waals surface area contributed by atoms with Gasteiger partial charge in [-0.15, -0.1) is 22.7 Å². The van der Waals surface area contributed by atoms with E-state index in [9.17, 15) is 19.8 Å². The predicted molar refractivity (Wildman–Crippen MR) is 142 cm³/mol. The molecule has 0 aliphatic heterocycles. The van der Waals surface area contributed by atoms with E-state index in [0.717, 1.165) is 42.7 Å². The number of anilines is 1. The minimum atomic E-state index is -0.660. The van der Waals surface area contributed by atoms with Crippen molar-refractivity contribution in [3.63, 3.8) is 0 Å². The molecule has 0 spiro atoms. The summed E-state index contributed by atoms with van der Waals surface area (Å²) < 4.78 is 0. The number of thiazole rings is 1. The first-order chi connectivity index (χ1) is 17.2. The van der Waals surface area contributed by atoms with Crippen LogP contribution < -0.4 is 10.6 Å². The number of aromatic nitrogens is 1. The van der Waals surface area contributed by atoms with E-state index < -0.39 is 11.5 Å². The minimum Gasteiger partial charge on any atom is -0.396 e. The lowest BCUT2D eigenvalue weighted by Crippen LogP contribution is -2.57. The van der Waals surface area contributed by atoms with Crippen molar-refractivity contribution in [1.82, 2.24) is 10.3 Å². The minimum absolute atomic E-state index is 0.0000260. The molecule has 0 radical (unpaired) electrons. The van der Waals surface area contributed by atoms with Crippen LogP contribution in [-0.2, 0) is 11.2 Å². The van der Waals surface area contributed by atoms with E-state index in [1.807, 2.05) is 18.4 Å². The van der Waals surface area contributed by atoms with Crippen molar-refractivity contribution in [3.05, 3.63) is 33.0 Å². The van der Waals surface area contributed by atoms with Crippen LogP contribution in [0.3, 0.4) is 0 Å². The standard InChI is InChI=1S/C27H37N3O4S2/c1-26-11-10-21(32)27(2,15-31)20(26)14-19-23(17(26)13-22(33)28-16-7-4-3-5-8-16)29-25(36-19)30-24(34)18-9-6-12-35-18/h6,9,12,16-17,20-21,31-32H,3-5,7-8,10-11,13-15H2,1-2H3,(H,28,33)(H,29,30,34). The zero-order valence-corrected chi connectivity index (χ0v) is 22.7. The van der Waals surface area contributed by atoms with Crippen LogP contribution in [0.4, 0.5) is 5.13 Å². The summed E-state index contributed by atoms with van der Waals surface area (Å²) >= 11 is 2.85. The third-order valence-electron chi connectivity index (χ3n) is 9.22. The fourth-order valence-electron chi connectivity index (χ4n) is 6.98. The third kappa shape index (κ3) is 4.64. The van der Waals surface area contributed by atoms with Crippen molar-refractivity contribution >= 4 is 39.6 Å². The second kappa shape index (κ2) is 10.2. The van der Waals surface area contributed by atoms with Crippen LogP contribution in [0.2, 0.25) is 0 Å². The van der Waals surface area contributed by atoms with Crippen molar-refractivity contribution in [1.29, 1.82) is 0 Å².